The quantitative estimate of drug-likeness (QED) is 0.672. The molecule has 8 heteroatoms. The molecule has 4 rings (SSSR count). The first-order valence-electron chi connectivity index (χ1n) is 8.52. The van der Waals surface area contributed by atoms with E-state index in [2.05, 4.69) is 10.3 Å². The highest BCUT2D eigenvalue weighted by Crippen LogP contribution is 2.12. The standard InChI is InChI=1S/C18H19N5O3/c1-22-15(19)12(17(24)20-10-11-5-4-8-26-11)9-13-16(22)21-14-6-2-3-7-23(14)18(13)25/h2-3,6-7,9,11,19H,4-5,8,10H2,1H3,(H,20,24)/t11-/m0/s1. The summed E-state index contributed by atoms with van der Waals surface area (Å²) in [6, 6.07) is 6.72. The van der Waals surface area contributed by atoms with Gasteiger partial charge in [0.15, 0.2) is 0 Å². The molecule has 1 amide bonds. The Morgan fingerprint density at radius 2 is 2.31 bits per heavy atom. The summed E-state index contributed by atoms with van der Waals surface area (Å²) < 4.78 is 8.39. The number of ether oxygens (including phenoxy) is 1. The molecule has 2 N–H and O–H groups in total. The number of pyridine rings is 2. The van der Waals surface area contributed by atoms with E-state index in [4.69, 9.17) is 10.1 Å². The van der Waals surface area contributed by atoms with E-state index < -0.39 is 0 Å². The maximum absolute atomic E-state index is 12.8. The van der Waals surface area contributed by atoms with Crippen molar-refractivity contribution in [2.75, 3.05) is 13.2 Å². The lowest BCUT2D eigenvalue weighted by Gasteiger charge is -2.13. The number of nitrogens with one attached hydrogen (secondary N) is 2. The Bertz CT molecular complexity index is 1130. The molecule has 1 atom stereocenters. The Morgan fingerprint density at radius 3 is 3.08 bits per heavy atom. The summed E-state index contributed by atoms with van der Waals surface area (Å²) in [4.78, 5) is 29.8. The van der Waals surface area contributed by atoms with Gasteiger partial charge in [-0.15, -0.1) is 0 Å². The van der Waals surface area contributed by atoms with Crippen LogP contribution >= 0.6 is 0 Å². The van der Waals surface area contributed by atoms with E-state index in [9.17, 15) is 9.59 Å². The summed E-state index contributed by atoms with van der Waals surface area (Å²) in [5, 5.41) is 11.4. The molecule has 1 aliphatic rings. The first-order chi connectivity index (χ1) is 12.6. The fraction of sp³-hybridized carbons (Fsp3) is 0.333. The molecule has 0 unspecified atom stereocenters. The van der Waals surface area contributed by atoms with Crippen LogP contribution in [0.25, 0.3) is 16.7 Å². The second-order valence-corrected chi connectivity index (χ2v) is 6.39. The van der Waals surface area contributed by atoms with Gasteiger partial charge in [0.2, 0.25) is 0 Å². The largest absolute Gasteiger partial charge is 0.376 e. The molecular formula is C18H19N5O3. The fourth-order valence-electron chi connectivity index (χ4n) is 3.25. The van der Waals surface area contributed by atoms with Gasteiger partial charge in [0.25, 0.3) is 11.5 Å². The molecule has 0 radical (unpaired) electrons. The molecule has 1 fully saturated rings. The van der Waals surface area contributed by atoms with Crippen LogP contribution in [-0.4, -0.2) is 39.1 Å². The minimum absolute atomic E-state index is 0.00882. The Labute approximate surface area is 148 Å². The molecule has 26 heavy (non-hydrogen) atoms. The van der Waals surface area contributed by atoms with Gasteiger partial charge in [0, 0.05) is 26.4 Å². The van der Waals surface area contributed by atoms with E-state index in [1.54, 1.807) is 31.4 Å². The van der Waals surface area contributed by atoms with E-state index in [1.807, 2.05) is 0 Å². The third-order valence-electron chi connectivity index (χ3n) is 4.70. The van der Waals surface area contributed by atoms with Gasteiger partial charge in [0.1, 0.15) is 16.8 Å². The SMILES string of the molecule is Cn1c(=N)c(C(=O)NC[C@@H]2CCCO2)cc2c(=O)n3ccccc3nc21. The molecule has 0 spiro atoms. The highest BCUT2D eigenvalue weighted by molar-refractivity contribution is 5.96. The first kappa shape index (κ1) is 16.5. The third-order valence-corrected chi connectivity index (χ3v) is 4.70. The number of amides is 1. The first-order valence-corrected chi connectivity index (χ1v) is 8.52. The molecule has 4 heterocycles. The third kappa shape index (κ3) is 2.68. The predicted octanol–water partition coefficient (Wildman–Crippen LogP) is 0.574. The Hall–Kier alpha value is -3.00. The Balaban J connectivity index is 1.80. The molecule has 3 aromatic rings. The molecule has 8 nitrogen and oxygen atoms in total. The van der Waals surface area contributed by atoms with Crippen LogP contribution in [0.1, 0.15) is 23.2 Å². The van der Waals surface area contributed by atoms with Crippen molar-refractivity contribution < 1.29 is 9.53 Å². The van der Waals surface area contributed by atoms with E-state index in [0.717, 1.165) is 12.8 Å². The number of hydrogen-bond donors (Lipinski definition) is 2. The molecule has 134 valence electrons. The van der Waals surface area contributed by atoms with Crippen LogP contribution in [0.5, 0.6) is 0 Å². The molecular weight excluding hydrogens is 334 g/mol. The monoisotopic (exact) mass is 353 g/mol. The lowest BCUT2D eigenvalue weighted by Crippen LogP contribution is -2.37. The van der Waals surface area contributed by atoms with Gasteiger partial charge in [-0.05, 0) is 31.0 Å². The van der Waals surface area contributed by atoms with Gasteiger partial charge in [-0.3, -0.25) is 19.4 Å². The van der Waals surface area contributed by atoms with Crippen molar-refractivity contribution in [2.45, 2.75) is 18.9 Å². The van der Waals surface area contributed by atoms with Crippen molar-refractivity contribution >= 4 is 22.6 Å². The number of fused-ring (bicyclic) bond motifs is 2. The van der Waals surface area contributed by atoms with Gasteiger partial charge >= 0.3 is 0 Å². The average molecular weight is 353 g/mol. The molecule has 0 bridgehead atoms. The minimum Gasteiger partial charge on any atom is -0.376 e. The van der Waals surface area contributed by atoms with Gasteiger partial charge < -0.3 is 14.6 Å². The molecule has 3 aromatic heterocycles. The van der Waals surface area contributed by atoms with Crippen LogP contribution < -0.4 is 16.4 Å². The van der Waals surface area contributed by atoms with Gasteiger partial charge in [-0.1, -0.05) is 6.07 Å². The van der Waals surface area contributed by atoms with Crippen molar-refractivity contribution in [1.82, 2.24) is 19.3 Å². The lowest BCUT2D eigenvalue weighted by molar-refractivity contribution is 0.0856. The zero-order chi connectivity index (χ0) is 18.3. The fourth-order valence-corrected chi connectivity index (χ4v) is 3.25. The number of rotatable bonds is 3. The van der Waals surface area contributed by atoms with Gasteiger partial charge in [-0.2, -0.15) is 0 Å². The number of aryl methyl sites for hydroxylation is 1. The lowest BCUT2D eigenvalue weighted by atomic mass is 10.2. The summed E-state index contributed by atoms with van der Waals surface area (Å²) in [5.41, 5.74) is 0.758. The molecule has 0 aromatic carbocycles. The highest BCUT2D eigenvalue weighted by Gasteiger charge is 2.19. The van der Waals surface area contributed by atoms with E-state index in [-0.39, 0.29) is 28.6 Å². The summed E-state index contributed by atoms with van der Waals surface area (Å²) >= 11 is 0. The average Bonchev–Trinajstić information content (AvgIpc) is 3.17. The van der Waals surface area contributed by atoms with Crippen LogP contribution in [0.3, 0.4) is 0 Å². The summed E-state index contributed by atoms with van der Waals surface area (Å²) in [5.74, 6) is -0.388. The van der Waals surface area contributed by atoms with Crippen molar-refractivity contribution in [3.63, 3.8) is 0 Å². The molecule has 0 aliphatic carbocycles. The minimum atomic E-state index is -0.388. The number of hydrogen-bond acceptors (Lipinski definition) is 5. The van der Waals surface area contributed by atoms with Crippen LogP contribution in [0.4, 0.5) is 0 Å². The number of carbonyl (C=O) groups excluding carboxylic acids is 1. The molecule has 0 saturated carbocycles. The van der Waals surface area contributed by atoms with Crippen molar-refractivity contribution in [2.24, 2.45) is 7.05 Å². The molecule has 1 aliphatic heterocycles. The number of nitrogens with zero attached hydrogens (tertiary/aromatic N) is 3. The van der Waals surface area contributed by atoms with E-state index in [0.29, 0.717) is 29.8 Å². The zero-order valence-corrected chi connectivity index (χ0v) is 14.4. The van der Waals surface area contributed by atoms with E-state index in [1.165, 1.54) is 15.0 Å². The summed E-state index contributed by atoms with van der Waals surface area (Å²) in [6.07, 6.45) is 3.55. The molecule has 1 saturated heterocycles. The second kappa shape index (κ2) is 6.38. The van der Waals surface area contributed by atoms with Crippen LogP contribution in [0, 0.1) is 5.41 Å². The maximum Gasteiger partial charge on any atom is 0.267 e. The topological polar surface area (TPSA) is 101 Å². The smallest absolute Gasteiger partial charge is 0.267 e. The number of aromatic nitrogens is 3. The Morgan fingerprint density at radius 1 is 1.46 bits per heavy atom. The predicted molar refractivity (Wildman–Crippen MR) is 95.1 cm³/mol. The van der Waals surface area contributed by atoms with Crippen molar-refractivity contribution in [3.8, 4) is 0 Å². The van der Waals surface area contributed by atoms with Crippen LogP contribution in [0.15, 0.2) is 35.3 Å². The van der Waals surface area contributed by atoms with Crippen LogP contribution in [0.2, 0.25) is 0 Å². The maximum atomic E-state index is 12.8. The number of carbonyl (C=O) groups is 1. The van der Waals surface area contributed by atoms with Crippen molar-refractivity contribution in [1.29, 1.82) is 5.41 Å². The zero-order valence-electron chi connectivity index (χ0n) is 14.4. The van der Waals surface area contributed by atoms with Crippen molar-refractivity contribution in [3.05, 3.63) is 51.9 Å². The highest BCUT2D eigenvalue weighted by atomic mass is 16.5. The van der Waals surface area contributed by atoms with Gasteiger partial charge in [-0.25, -0.2) is 4.98 Å². The summed E-state index contributed by atoms with van der Waals surface area (Å²) in [7, 11) is 1.63. The normalized spacial score (nSPS) is 17.0. The van der Waals surface area contributed by atoms with E-state index >= 15 is 0 Å². The second-order valence-electron chi connectivity index (χ2n) is 6.39. The Kier molecular flexibility index (Phi) is 4.04. The van der Waals surface area contributed by atoms with Gasteiger partial charge in [0.05, 0.1) is 17.1 Å². The summed E-state index contributed by atoms with van der Waals surface area (Å²) in [6.45, 7) is 1.11. The van der Waals surface area contributed by atoms with Crippen LogP contribution in [-0.2, 0) is 11.8 Å².